The number of hydrogen-bond donors (Lipinski definition) is 1. The van der Waals surface area contributed by atoms with Gasteiger partial charge in [0.2, 0.25) is 0 Å². The zero-order valence-corrected chi connectivity index (χ0v) is 11.2. The van der Waals surface area contributed by atoms with E-state index in [1.165, 1.54) is 0 Å². The summed E-state index contributed by atoms with van der Waals surface area (Å²) in [6.07, 6.45) is 1.63. The Morgan fingerprint density at radius 2 is 1.63 bits per heavy atom. The van der Waals surface area contributed by atoms with Gasteiger partial charge in [-0.25, -0.2) is 0 Å². The van der Waals surface area contributed by atoms with E-state index in [0.29, 0.717) is 0 Å². The van der Waals surface area contributed by atoms with Crippen LogP contribution in [0.1, 0.15) is 18.1 Å². The normalized spacial score (nSPS) is 11.2. The molecule has 0 saturated heterocycles. The summed E-state index contributed by atoms with van der Waals surface area (Å²) in [6, 6.07) is 17.9. The predicted molar refractivity (Wildman–Crippen MR) is 79.9 cm³/mol. The largest absolute Gasteiger partial charge is 0.355 e. The van der Waals surface area contributed by atoms with Crippen molar-refractivity contribution in [3.63, 3.8) is 0 Å². The SMILES string of the molecule is CC(=O)/C=C(\Nc1ccccc1C)c1ccccc1. The molecule has 0 aliphatic carbocycles. The standard InChI is InChI=1S/C17H17NO/c1-13-8-6-7-11-16(13)18-17(12-14(2)19)15-9-4-3-5-10-15/h3-12,18H,1-2H3/b17-12-. The average molecular weight is 251 g/mol. The molecule has 2 rings (SSSR count). The summed E-state index contributed by atoms with van der Waals surface area (Å²) in [5, 5.41) is 3.34. The number of carbonyl (C=O) groups excluding carboxylic acids is 1. The van der Waals surface area contributed by atoms with Crippen molar-refractivity contribution < 1.29 is 4.79 Å². The molecule has 0 aromatic heterocycles. The van der Waals surface area contributed by atoms with Crippen LogP contribution in [0.2, 0.25) is 0 Å². The first-order valence-electron chi connectivity index (χ1n) is 6.27. The zero-order valence-electron chi connectivity index (χ0n) is 11.2. The number of allylic oxidation sites excluding steroid dienone is 1. The van der Waals surface area contributed by atoms with Crippen LogP contribution in [0, 0.1) is 6.92 Å². The number of para-hydroxylation sites is 1. The van der Waals surface area contributed by atoms with Crippen molar-refractivity contribution in [1.29, 1.82) is 0 Å². The molecule has 0 unspecified atom stereocenters. The second-order valence-corrected chi connectivity index (χ2v) is 4.47. The zero-order chi connectivity index (χ0) is 13.7. The van der Waals surface area contributed by atoms with Crippen molar-refractivity contribution in [2.75, 3.05) is 5.32 Å². The van der Waals surface area contributed by atoms with Crippen LogP contribution in [-0.2, 0) is 4.79 Å². The topological polar surface area (TPSA) is 29.1 Å². The summed E-state index contributed by atoms with van der Waals surface area (Å²) in [4.78, 5) is 11.4. The molecule has 0 spiro atoms. The predicted octanol–water partition coefficient (Wildman–Crippen LogP) is 4.04. The van der Waals surface area contributed by atoms with Gasteiger partial charge in [0.25, 0.3) is 0 Å². The van der Waals surface area contributed by atoms with Crippen LogP contribution < -0.4 is 5.32 Å². The number of hydrogen-bond acceptors (Lipinski definition) is 2. The smallest absolute Gasteiger partial charge is 0.154 e. The van der Waals surface area contributed by atoms with Crippen LogP contribution in [0.25, 0.3) is 5.70 Å². The van der Waals surface area contributed by atoms with Crippen LogP contribution >= 0.6 is 0 Å². The minimum atomic E-state index is 0.0277. The van der Waals surface area contributed by atoms with Gasteiger partial charge in [-0.15, -0.1) is 0 Å². The van der Waals surface area contributed by atoms with Crippen molar-refractivity contribution in [3.05, 3.63) is 71.8 Å². The molecule has 0 aliphatic rings. The summed E-state index contributed by atoms with van der Waals surface area (Å²) < 4.78 is 0. The summed E-state index contributed by atoms with van der Waals surface area (Å²) in [5.74, 6) is 0.0277. The molecule has 2 aromatic carbocycles. The van der Waals surface area contributed by atoms with Crippen LogP contribution in [0.4, 0.5) is 5.69 Å². The maximum absolute atomic E-state index is 11.4. The molecule has 2 aromatic rings. The molecule has 19 heavy (non-hydrogen) atoms. The number of ketones is 1. The lowest BCUT2D eigenvalue weighted by Crippen LogP contribution is -2.02. The van der Waals surface area contributed by atoms with E-state index in [9.17, 15) is 4.79 Å². The Labute approximate surface area is 113 Å². The molecule has 0 radical (unpaired) electrons. The number of carbonyl (C=O) groups is 1. The average Bonchev–Trinajstić information content (AvgIpc) is 2.41. The highest BCUT2D eigenvalue weighted by atomic mass is 16.1. The number of nitrogens with one attached hydrogen (secondary N) is 1. The van der Waals surface area contributed by atoms with Gasteiger partial charge < -0.3 is 5.32 Å². The van der Waals surface area contributed by atoms with E-state index in [4.69, 9.17) is 0 Å². The highest BCUT2D eigenvalue weighted by Crippen LogP contribution is 2.21. The number of aryl methyl sites for hydroxylation is 1. The number of rotatable bonds is 4. The first-order chi connectivity index (χ1) is 9.16. The van der Waals surface area contributed by atoms with Gasteiger partial charge in [0.05, 0.1) is 0 Å². The van der Waals surface area contributed by atoms with Crippen molar-refractivity contribution >= 4 is 17.2 Å². The molecule has 0 fully saturated rings. The van der Waals surface area contributed by atoms with Gasteiger partial charge >= 0.3 is 0 Å². The van der Waals surface area contributed by atoms with E-state index in [2.05, 4.69) is 5.32 Å². The second-order valence-electron chi connectivity index (χ2n) is 4.47. The fourth-order valence-electron chi connectivity index (χ4n) is 1.87. The maximum atomic E-state index is 11.4. The summed E-state index contributed by atoms with van der Waals surface area (Å²) in [6.45, 7) is 3.60. The van der Waals surface area contributed by atoms with E-state index in [0.717, 1.165) is 22.5 Å². The molecular formula is C17H17NO. The monoisotopic (exact) mass is 251 g/mol. The van der Waals surface area contributed by atoms with Crippen molar-refractivity contribution in [2.45, 2.75) is 13.8 Å². The Bertz CT molecular complexity index is 600. The molecule has 0 bridgehead atoms. The lowest BCUT2D eigenvalue weighted by molar-refractivity contribution is -0.112. The van der Waals surface area contributed by atoms with Gasteiger partial charge in [0.1, 0.15) is 0 Å². The Kier molecular flexibility index (Phi) is 4.14. The van der Waals surface area contributed by atoms with Gasteiger partial charge in [-0.3, -0.25) is 4.79 Å². The summed E-state index contributed by atoms with van der Waals surface area (Å²) in [5.41, 5.74) is 3.98. The Morgan fingerprint density at radius 1 is 1.00 bits per heavy atom. The third-order valence-corrected chi connectivity index (χ3v) is 2.85. The van der Waals surface area contributed by atoms with Crippen molar-refractivity contribution in [1.82, 2.24) is 0 Å². The molecule has 0 aliphatic heterocycles. The Hall–Kier alpha value is -2.35. The van der Waals surface area contributed by atoms with Crippen molar-refractivity contribution in [2.24, 2.45) is 0 Å². The van der Waals surface area contributed by atoms with Gasteiger partial charge in [-0.2, -0.15) is 0 Å². The van der Waals surface area contributed by atoms with Crippen LogP contribution in [0.15, 0.2) is 60.7 Å². The van der Waals surface area contributed by atoms with Gasteiger partial charge in [-0.05, 0) is 31.0 Å². The lowest BCUT2D eigenvalue weighted by atomic mass is 10.1. The summed E-state index contributed by atoms with van der Waals surface area (Å²) in [7, 11) is 0. The number of benzene rings is 2. The van der Waals surface area contributed by atoms with E-state index in [1.54, 1.807) is 13.0 Å². The fourth-order valence-corrected chi connectivity index (χ4v) is 1.87. The van der Waals surface area contributed by atoms with E-state index >= 15 is 0 Å². The van der Waals surface area contributed by atoms with Crippen molar-refractivity contribution in [3.8, 4) is 0 Å². The first-order valence-corrected chi connectivity index (χ1v) is 6.27. The van der Waals surface area contributed by atoms with E-state index in [1.807, 2.05) is 61.5 Å². The van der Waals surface area contributed by atoms with E-state index < -0.39 is 0 Å². The van der Waals surface area contributed by atoms with Gasteiger partial charge in [-0.1, -0.05) is 48.5 Å². The molecule has 1 N–H and O–H groups in total. The minimum Gasteiger partial charge on any atom is -0.355 e. The molecule has 0 heterocycles. The molecule has 0 atom stereocenters. The molecule has 0 saturated carbocycles. The minimum absolute atomic E-state index is 0.0277. The van der Waals surface area contributed by atoms with E-state index in [-0.39, 0.29) is 5.78 Å². The molecule has 2 nitrogen and oxygen atoms in total. The molecule has 96 valence electrons. The third kappa shape index (κ3) is 3.55. The maximum Gasteiger partial charge on any atom is 0.154 e. The molecule has 2 heteroatoms. The molecule has 0 amide bonds. The first kappa shape index (κ1) is 13.1. The van der Waals surface area contributed by atoms with Crippen LogP contribution in [0.3, 0.4) is 0 Å². The van der Waals surface area contributed by atoms with Crippen LogP contribution in [0.5, 0.6) is 0 Å². The van der Waals surface area contributed by atoms with Gasteiger partial charge in [0, 0.05) is 17.5 Å². The highest BCUT2D eigenvalue weighted by Gasteiger charge is 2.04. The van der Waals surface area contributed by atoms with Crippen LogP contribution in [-0.4, -0.2) is 5.78 Å². The highest BCUT2D eigenvalue weighted by molar-refractivity contribution is 5.97. The van der Waals surface area contributed by atoms with Gasteiger partial charge in [0.15, 0.2) is 5.78 Å². The fraction of sp³-hybridized carbons (Fsp3) is 0.118. The number of anilines is 1. The third-order valence-electron chi connectivity index (χ3n) is 2.85. The quantitative estimate of drug-likeness (QED) is 0.831. The molecular weight excluding hydrogens is 234 g/mol. The summed E-state index contributed by atoms with van der Waals surface area (Å²) >= 11 is 0. The second kappa shape index (κ2) is 6.01. The Balaban J connectivity index is 2.36. The lowest BCUT2D eigenvalue weighted by Gasteiger charge is -2.13. The Morgan fingerprint density at radius 3 is 2.26 bits per heavy atom.